The van der Waals surface area contributed by atoms with Crippen molar-refractivity contribution in [2.45, 2.75) is 32.9 Å². The summed E-state index contributed by atoms with van der Waals surface area (Å²) >= 11 is 0. The normalized spacial score (nSPS) is 21.6. The summed E-state index contributed by atoms with van der Waals surface area (Å²) in [5.41, 5.74) is 4.26. The van der Waals surface area contributed by atoms with E-state index in [0.717, 1.165) is 6.54 Å². The number of likely N-dealkylation sites (tertiary alicyclic amines) is 1. The van der Waals surface area contributed by atoms with Crippen molar-refractivity contribution in [3.8, 4) is 0 Å². The molecule has 2 nitrogen and oxygen atoms in total. The summed E-state index contributed by atoms with van der Waals surface area (Å²) in [5, 5.41) is 3.36. The van der Waals surface area contributed by atoms with Crippen LogP contribution in [0.2, 0.25) is 0 Å². The van der Waals surface area contributed by atoms with Crippen molar-refractivity contribution < 1.29 is 0 Å². The highest BCUT2D eigenvalue weighted by atomic mass is 15.2. The van der Waals surface area contributed by atoms with Crippen molar-refractivity contribution in [2.75, 3.05) is 20.1 Å². The Morgan fingerprint density at radius 1 is 1.38 bits per heavy atom. The van der Waals surface area contributed by atoms with E-state index in [2.05, 4.69) is 49.3 Å². The van der Waals surface area contributed by atoms with Crippen LogP contribution in [0.15, 0.2) is 18.2 Å². The molecule has 2 rings (SSSR count). The number of benzene rings is 1. The van der Waals surface area contributed by atoms with E-state index in [-0.39, 0.29) is 0 Å². The Labute approximate surface area is 98.7 Å². The van der Waals surface area contributed by atoms with Gasteiger partial charge in [0.25, 0.3) is 0 Å². The lowest BCUT2D eigenvalue weighted by molar-refractivity contribution is 0.322. The molecule has 88 valence electrons. The smallest absolute Gasteiger partial charge is 0.0237 e. The number of aryl methyl sites for hydroxylation is 2. The highest BCUT2D eigenvalue weighted by Crippen LogP contribution is 2.16. The first-order valence-electron chi connectivity index (χ1n) is 6.15. The van der Waals surface area contributed by atoms with E-state index in [0.29, 0.717) is 6.04 Å². The number of rotatable bonds is 3. The van der Waals surface area contributed by atoms with Crippen molar-refractivity contribution in [3.63, 3.8) is 0 Å². The van der Waals surface area contributed by atoms with Gasteiger partial charge < -0.3 is 5.32 Å². The molecule has 1 saturated heterocycles. The zero-order chi connectivity index (χ0) is 11.5. The summed E-state index contributed by atoms with van der Waals surface area (Å²) in [7, 11) is 2.06. The van der Waals surface area contributed by atoms with Crippen LogP contribution >= 0.6 is 0 Å². The van der Waals surface area contributed by atoms with Crippen LogP contribution in [-0.4, -0.2) is 31.1 Å². The fourth-order valence-corrected chi connectivity index (χ4v) is 2.48. The van der Waals surface area contributed by atoms with E-state index in [1.807, 2.05) is 0 Å². The Morgan fingerprint density at radius 2 is 2.19 bits per heavy atom. The molecule has 0 aliphatic carbocycles. The molecule has 1 aliphatic rings. The second-order valence-electron chi connectivity index (χ2n) is 4.94. The molecule has 1 fully saturated rings. The molecule has 0 aromatic heterocycles. The minimum Gasteiger partial charge on any atom is -0.316 e. The van der Waals surface area contributed by atoms with Crippen LogP contribution in [0.5, 0.6) is 0 Å². The summed E-state index contributed by atoms with van der Waals surface area (Å²) in [6, 6.07) is 7.46. The van der Waals surface area contributed by atoms with E-state index in [4.69, 9.17) is 0 Å². The monoisotopic (exact) mass is 218 g/mol. The summed E-state index contributed by atoms with van der Waals surface area (Å²) in [6.45, 7) is 7.88. The Balaban J connectivity index is 1.99. The minimum absolute atomic E-state index is 0.686. The SMILES string of the molecule is CNC1CCN(Cc2ccc(C)cc2C)C1. The Bertz CT molecular complexity index is 360. The summed E-state index contributed by atoms with van der Waals surface area (Å²) in [5.74, 6) is 0. The largest absolute Gasteiger partial charge is 0.316 e. The van der Waals surface area contributed by atoms with Gasteiger partial charge >= 0.3 is 0 Å². The molecule has 2 heteroatoms. The number of hydrogen-bond acceptors (Lipinski definition) is 2. The first kappa shape index (κ1) is 11.6. The van der Waals surface area contributed by atoms with Crippen LogP contribution in [0.3, 0.4) is 0 Å². The summed E-state index contributed by atoms with van der Waals surface area (Å²) in [4.78, 5) is 2.54. The van der Waals surface area contributed by atoms with Gasteiger partial charge in [-0.15, -0.1) is 0 Å². The third kappa shape index (κ3) is 2.63. The maximum atomic E-state index is 3.36. The number of nitrogens with zero attached hydrogens (tertiary/aromatic N) is 1. The van der Waals surface area contributed by atoms with Crippen LogP contribution < -0.4 is 5.32 Å². The zero-order valence-electron chi connectivity index (χ0n) is 10.6. The lowest BCUT2D eigenvalue weighted by atomic mass is 10.1. The first-order valence-corrected chi connectivity index (χ1v) is 6.15. The molecule has 1 aliphatic heterocycles. The second kappa shape index (κ2) is 4.98. The first-order chi connectivity index (χ1) is 7.69. The number of nitrogens with one attached hydrogen (secondary N) is 1. The third-order valence-corrected chi connectivity index (χ3v) is 3.57. The van der Waals surface area contributed by atoms with Gasteiger partial charge in [0.2, 0.25) is 0 Å². The van der Waals surface area contributed by atoms with E-state index in [9.17, 15) is 0 Å². The summed E-state index contributed by atoms with van der Waals surface area (Å²) < 4.78 is 0. The van der Waals surface area contributed by atoms with E-state index >= 15 is 0 Å². The lowest BCUT2D eigenvalue weighted by Gasteiger charge is -2.17. The van der Waals surface area contributed by atoms with Gasteiger partial charge in [-0.05, 0) is 38.4 Å². The molecule has 1 atom stereocenters. The Kier molecular flexibility index (Phi) is 3.62. The topological polar surface area (TPSA) is 15.3 Å². The number of likely N-dealkylation sites (N-methyl/N-ethyl adjacent to an activating group) is 1. The molecule has 1 N–H and O–H groups in total. The molecule has 1 aromatic carbocycles. The van der Waals surface area contributed by atoms with Crippen LogP contribution in [0, 0.1) is 13.8 Å². The molecule has 0 amide bonds. The molecule has 1 heterocycles. The van der Waals surface area contributed by atoms with E-state index < -0.39 is 0 Å². The molecule has 1 aromatic rings. The standard InChI is InChI=1S/C14H22N2/c1-11-4-5-13(12(2)8-11)9-16-7-6-14(10-16)15-3/h4-5,8,14-15H,6-7,9-10H2,1-3H3. The van der Waals surface area contributed by atoms with Crippen LogP contribution in [-0.2, 0) is 6.54 Å². The molecule has 0 radical (unpaired) electrons. The average Bonchev–Trinajstić information content (AvgIpc) is 2.70. The van der Waals surface area contributed by atoms with Gasteiger partial charge in [0.1, 0.15) is 0 Å². The van der Waals surface area contributed by atoms with Gasteiger partial charge in [0, 0.05) is 25.7 Å². The molecule has 0 bridgehead atoms. The van der Waals surface area contributed by atoms with Crippen LogP contribution in [0.1, 0.15) is 23.1 Å². The van der Waals surface area contributed by atoms with Gasteiger partial charge in [-0.25, -0.2) is 0 Å². The molecular formula is C14H22N2. The maximum Gasteiger partial charge on any atom is 0.0237 e. The minimum atomic E-state index is 0.686. The van der Waals surface area contributed by atoms with E-state index in [1.54, 1.807) is 0 Å². The molecule has 16 heavy (non-hydrogen) atoms. The van der Waals surface area contributed by atoms with Crippen molar-refractivity contribution in [3.05, 3.63) is 34.9 Å². The van der Waals surface area contributed by atoms with Crippen molar-refractivity contribution in [1.29, 1.82) is 0 Å². The van der Waals surface area contributed by atoms with Crippen molar-refractivity contribution in [2.24, 2.45) is 0 Å². The lowest BCUT2D eigenvalue weighted by Crippen LogP contribution is -2.29. The molecular weight excluding hydrogens is 196 g/mol. The molecule has 1 unspecified atom stereocenters. The Hall–Kier alpha value is -0.860. The van der Waals surface area contributed by atoms with Crippen LogP contribution in [0.25, 0.3) is 0 Å². The average molecular weight is 218 g/mol. The third-order valence-electron chi connectivity index (χ3n) is 3.57. The van der Waals surface area contributed by atoms with Crippen LogP contribution in [0.4, 0.5) is 0 Å². The molecule has 0 spiro atoms. The highest BCUT2D eigenvalue weighted by molar-refractivity contribution is 5.30. The second-order valence-corrected chi connectivity index (χ2v) is 4.94. The van der Waals surface area contributed by atoms with Gasteiger partial charge in [-0.3, -0.25) is 4.90 Å². The Morgan fingerprint density at radius 3 is 2.81 bits per heavy atom. The van der Waals surface area contributed by atoms with E-state index in [1.165, 1.54) is 36.2 Å². The predicted octanol–water partition coefficient (Wildman–Crippen LogP) is 2.10. The fourth-order valence-electron chi connectivity index (χ4n) is 2.48. The van der Waals surface area contributed by atoms with Gasteiger partial charge in [-0.2, -0.15) is 0 Å². The van der Waals surface area contributed by atoms with Crippen molar-refractivity contribution >= 4 is 0 Å². The zero-order valence-corrected chi connectivity index (χ0v) is 10.6. The van der Waals surface area contributed by atoms with Gasteiger partial charge in [-0.1, -0.05) is 23.8 Å². The maximum absolute atomic E-state index is 3.36. The van der Waals surface area contributed by atoms with Gasteiger partial charge in [0.15, 0.2) is 0 Å². The highest BCUT2D eigenvalue weighted by Gasteiger charge is 2.20. The van der Waals surface area contributed by atoms with Crippen molar-refractivity contribution in [1.82, 2.24) is 10.2 Å². The summed E-state index contributed by atoms with van der Waals surface area (Å²) in [6.07, 6.45) is 1.28. The molecule has 0 saturated carbocycles. The number of hydrogen-bond donors (Lipinski definition) is 1. The van der Waals surface area contributed by atoms with Gasteiger partial charge in [0.05, 0.1) is 0 Å². The predicted molar refractivity (Wildman–Crippen MR) is 68.7 cm³/mol. The fraction of sp³-hybridized carbons (Fsp3) is 0.571. The quantitative estimate of drug-likeness (QED) is 0.836.